The van der Waals surface area contributed by atoms with Gasteiger partial charge in [0.2, 0.25) is 0 Å². The zero-order valence-corrected chi connectivity index (χ0v) is 9.94. The molecule has 0 fully saturated rings. The number of H-pyrrole nitrogens is 1. The molecule has 0 aliphatic carbocycles. The van der Waals surface area contributed by atoms with Crippen LogP contribution in [-0.2, 0) is 4.74 Å². The van der Waals surface area contributed by atoms with Crippen molar-refractivity contribution >= 4 is 22.7 Å². The molecule has 0 unspecified atom stereocenters. The molecule has 0 saturated carbocycles. The van der Waals surface area contributed by atoms with Crippen LogP contribution >= 0.6 is 0 Å². The number of nitrogens with zero attached hydrogens (tertiary/aromatic N) is 2. The first-order valence-corrected chi connectivity index (χ1v) is 5.19. The van der Waals surface area contributed by atoms with Crippen molar-refractivity contribution in [3.05, 3.63) is 18.0 Å². The highest BCUT2D eigenvalue weighted by molar-refractivity contribution is 6.07. The second kappa shape index (κ2) is 3.73. The first kappa shape index (κ1) is 11.4. The van der Waals surface area contributed by atoms with Gasteiger partial charge in [-0.1, -0.05) is 0 Å². The van der Waals surface area contributed by atoms with Gasteiger partial charge in [-0.05, 0) is 20.8 Å². The largest absolute Gasteiger partial charge is 0.456 e. The molecule has 0 radical (unpaired) electrons. The Labute approximate surface area is 98.2 Å². The van der Waals surface area contributed by atoms with E-state index in [1.54, 1.807) is 27.0 Å². The maximum Gasteiger partial charge on any atom is 0.341 e. The van der Waals surface area contributed by atoms with Crippen molar-refractivity contribution in [2.75, 3.05) is 5.73 Å². The number of carbonyl (C=O) groups is 1. The Kier molecular flexibility index (Phi) is 2.49. The minimum atomic E-state index is -0.558. The number of rotatable bonds is 1. The molecular weight excluding hydrogens is 220 g/mol. The van der Waals surface area contributed by atoms with Crippen molar-refractivity contribution in [2.45, 2.75) is 26.4 Å². The number of nitrogen functional groups attached to an aromatic ring is 1. The van der Waals surface area contributed by atoms with Gasteiger partial charge in [0.05, 0.1) is 22.7 Å². The third-order valence-electron chi connectivity index (χ3n) is 2.12. The highest BCUT2D eigenvalue weighted by atomic mass is 16.6. The number of hydrogen-bond donors (Lipinski definition) is 2. The second-order valence-corrected chi connectivity index (χ2v) is 4.72. The van der Waals surface area contributed by atoms with Crippen molar-refractivity contribution in [2.24, 2.45) is 0 Å². The van der Waals surface area contributed by atoms with Gasteiger partial charge in [0.1, 0.15) is 5.60 Å². The topological polar surface area (TPSA) is 93.9 Å². The fraction of sp³-hybridized carbons (Fsp3) is 0.364. The van der Waals surface area contributed by atoms with Crippen LogP contribution in [0.15, 0.2) is 12.4 Å². The van der Waals surface area contributed by atoms with Gasteiger partial charge in [0.25, 0.3) is 0 Å². The Bertz CT molecular complexity index is 568. The minimum Gasteiger partial charge on any atom is -0.456 e. The SMILES string of the molecule is CC(C)(C)OC(=O)c1cncc2[nH]nc(N)c12. The predicted molar refractivity (Wildman–Crippen MR) is 63.5 cm³/mol. The zero-order chi connectivity index (χ0) is 12.6. The maximum atomic E-state index is 12.0. The number of carbonyl (C=O) groups excluding carboxylic acids is 1. The second-order valence-electron chi connectivity index (χ2n) is 4.72. The van der Waals surface area contributed by atoms with Crippen LogP contribution in [0, 0.1) is 0 Å². The maximum absolute atomic E-state index is 12.0. The number of esters is 1. The molecule has 90 valence electrons. The molecule has 6 heteroatoms. The predicted octanol–water partition coefficient (Wildman–Crippen LogP) is 1.50. The average molecular weight is 234 g/mol. The van der Waals surface area contributed by atoms with Crippen LogP contribution in [0.3, 0.4) is 0 Å². The summed E-state index contributed by atoms with van der Waals surface area (Å²) in [5.41, 5.74) is 6.08. The van der Waals surface area contributed by atoms with E-state index < -0.39 is 11.6 Å². The van der Waals surface area contributed by atoms with E-state index in [0.717, 1.165) is 0 Å². The summed E-state index contributed by atoms with van der Waals surface area (Å²) in [6.07, 6.45) is 2.99. The molecule has 0 aliphatic rings. The molecule has 0 spiro atoms. The Morgan fingerprint density at radius 2 is 2.12 bits per heavy atom. The van der Waals surface area contributed by atoms with Crippen LogP contribution in [-0.4, -0.2) is 26.8 Å². The summed E-state index contributed by atoms with van der Waals surface area (Å²) in [6, 6.07) is 0. The quantitative estimate of drug-likeness (QED) is 0.729. The Morgan fingerprint density at radius 1 is 1.41 bits per heavy atom. The van der Waals surface area contributed by atoms with Crippen LogP contribution in [0.2, 0.25) is 0 Å². The summed E-state index contributed by atoms with van der Waals surface area (Å²) >= 11 is 0. The Hall–Kier alpha value is -2.11. The number of pyridine rings is 1. The number of aromatic amines is 1. The lowest BCUT2D eigenvalue weighted by atomic mass is 10.1. The normalized spacial score (nSPS) is 11.7. The molecule has 2 aromatic rings. The van der Waals surface area contributed by atoms with E-state index in [9.17, 15) is 4.79 Å². The molecule has 2 aromatic heterocycles. The van der Waals surface area contributed by atoms with Crippen molar-refractivity contribution in [1.29, 1.82) is 0 Å². The van der Waals surface area contributed by atoms with Gasteiger partial charge in [0.15, 0.2) is 5.82 Å². The summed E-state index contributed by atoms with van der Waals surface area (Å²) < 4.78 is 5.28. The average Bonchev–Trinajstić information content (AvgIpc) is 2.58. The summed E-state index contributed by atoms with van der Waals surface area (Å²) in [4.78, 5) is 15.9. The number of hydrogen-bond acceptors (Lipinski definition) is 5. The monoisotopic (exact) mass is 234 g/mol. The molecule has 0 bridgehead atoms. The van der Waals surface area contributed by atoms with Gasteiger partial charge in [-0.2, -0.15) is 5.10 Å². The number of nitrogens with two attached hydrogens (primary N) is 1. The summed E-state index contributed by atoms with van der Waals surface area (Å²) in [7, 11) is 0. The molecular formula is C11H14N4O2. The van der Waals surface area contributed by atoms with Crippen molar-refractivity contribution in [3.63, 3.8) is 0 Å². The molecule has 0 aromatic carbocycles. The van der Waals surface area contributed by atoms with Crippen molar-refractivity contribution in [3.8, 4) is 0 Å². The number of nitrogens with one attached hydrogen (secondary N) is 1. The van der Waals surface area contributed by atoms with E-state index in [-0.39, 0.29) is 5.82 Å². The first-order valence-electron chi connectivity index (χ1n) is 5.19. The van der Waals surface area contributed by atoms with E-state index >= 15 is 0 Å². The van der Waals surface area contributed by atoms with E-state index in [2.05, 4.69) is 15.2 Å². The van der Waals surface area contributed by atoms with Gasteiger partial charge in [-0.3, -0.25) is 10.1 Å². The fourth-order valence-electron chi connectivity index (χ4n) is 1.49. The third kappa shape index (κ3) is 2.20. The van der Waals surface area contributed by atoms with Crippen molar-refractivity contribution < 1.29 is 9.53 Å². The highest BCUT2D eigenvalue weighted by Crippen LogP contribution is 2.23. The molecule has 6 nitrogen and oxygen atoms in total. The smallest absolute Gasteiger partial charge is 0.341 e. The van der Waals surface area contributed by atoms with E-state index in [4.69, 9.17) is 10.5 Å². The number of anilines is 1. The van der Waals surface area contributed by atoms with Crippen LogP contribution in [0.5, 0.6) is 0 Å². The van der Waals surface area contributed by atoms with Crippen LogP contribution < -0.4 is 5.73 Å². The van der Waals surface area contributed by atoms with Crippen molar-refractivity contribution in [1.82, 2.24) is 15.2 Å². The lowest BCUT2D eigenvalue weighted by molar-refractivity contribution is 0.00715. The molecule has 0 amide bonds. The lowest BCUT2D eigenvalue weighted by Crippen LogP contribution is -2.24. The molecule has 2 rings (SSSR count). The third-order valence-corrected chi connectivity index (χ3v) is 2.12. The van der Waals surface area contributed by atoms with E-state index in [1.807, 2.05) is 0 Å². The lowest BCUT2D eigenvalue weighted by Gasteiger charge is -2.19. The van der Waals surface area contributed by atoms with Gasteiger partial charge in [-0.15, -0.1) is 0 Å². The van der Waals surface area contributed by atoms with E-state index in [1.165, 1.54) is 6.20 Å². The standard InChI is InChI=1S/C11H14N4O2/c1-11(2,3)17-10(16)6-4-13-5-7-8(6)9(12)15-14-7/h4-5H,1-3H3,(H3,12,14,15). The Morgan fingerprint density at radius 3 is 2.76 bits per heavy atom. The first-order chi connectivity index (χ1) is 7.88. The van der Waals surface area contributed by atoms with Gasteiger partial charge in [-0.25, -0.2) is 4.79 Å². The van der Waals surface area contributed by atoms with Crippen LogP contribution in [0.4, 0.5) is 5.82 Å². The molecule has 0 saturated heterocycles. The van der Waals surface area contributed by atoms with E-state index in [0.29, 0.717) is 16.5 Å². The molecule has 0 aliphatic heterocycles. The number of fused-ring (bicyclic) bond motifs is 1. The molecule has 3 N–H and O–H groups in total. The Balaban J connectivity index is 2.48. The summed E-state index contributed by atoms with van der Waals surface area (Å²) in [6.45, 7) is 5.41. The van der Waals surface area contributed by atoms with Gasteiger partial charge in [0, 0.05) is 6.20 Å². The van der Waals surface area contributed by atoms with Crippen LogP contribution in [0.25, 0.3) is 10.9 Å². The summed E-state index contributed by atoms with van der Waals surface area (Å²) in [5.74, 6) is -0.188. The molecule has 0 atom stereocenters. The van der Waals surface area contributed by atoms with Gasteiger partial charge < -0.3 is 10.5 Å². The number of ether oxygens (including phenoxy) is 1. The molecule has 17 heavy (non-hydrogen) atoms. The summed E-state index contributed by atoms with van der Waals surface area (Å²) in [5, 5.41) is 7.09. The van der Waals surface area contributed by atoms with Crippen LogP contribution in [0.1, 0.15) is 31.1 Å². The number of aromatic nitrogens is 3. The molecule has 2 heterocycles. The zero-order valence-electron chi connectivity index (χ0n) is 9.94. The fourth-order valence-corrected chi connectivity index (χ4v) is 1.49. The van der Waals surface area contributed by atoms with Gasteiger partial charge >= 0.3 is 5.97 Å². The highest BCUT2D eigenvalue weighted by Gasteiger charge is 2.21. The minimum absolute atomic E-state index is 0.267.